The third-order valence-electron chi connectivity index (χ3n) is 2.42. The Labute approximate surface area is 106 Å². The van der Waals surface area contributed by atoms with Crippen LogP contribution in [0.15, 0.2) is 17.2 Å². The van der Waals surface area contributed by atoms with Crippen molar-refractivity contribution in [1.82, 2.24) is 9.55 Å². The second-order valence-electron chi connectivity index (χ2n) is 3.72. The van der Waals surface area contributed by atoms with Gasteiger partial charge in [0.25, 0.3) is 5.56 Å². The second kappa shape index (κ2) is 5.10. The zero-order chi connectivity index (χ0) is 11.5. The maximum Gasteiger partial charge on any atom is 0.262 e. The molecule has 0 aliphatic carbocycles. The molecule has 2 rings (SSSR count). The lowest BCUT2D eigenvalue weighted by Gasteiger charge is -2.03. The van der Waals surface area contributed by atoms with Crippen molar-refractivity contribution in [2.75, 3.05) is 5.33 Å². The molecule has 0 radical (unpaired) electrons. The van der Waals surface area contributed by atoms with Crippen LogP contribution in [0.5, 0.6) is 0 Å². The van der Waals surface area contributed by atoms with Crippen LogP contribution in [0.4, 0.5) is 0 Å². The van der Waals surface area contributed by atoms with Crippen LogP contribution in [-0.2, 0) is 6.54 Å². The molecule has 0 bridgehead atoms. The number of nitrogens with zero attached hydrogens (tertiary/aromatic N) is 2. The molecule has 3 nitrogen and oxygen atoms in total. The van der Waals surface area contributed by atoms with Gasteiger partial charge in [-0.15, -0.1) is 11.3 Å². The monoisotopic (exact) mass is 300 g/mol. The molecule has 2 aromatic rings. The Morgan fingerprint density at radius 2 is 2.31 bits per heavy atom. The Bertz CT molecular complexity index is 546. The van der Waals surface area contributed by atoms with E-state index in [1.807, 2.05) is 13.0 Å². The summed E-state index contributed by atoms with van der Waals surface area (Å²) in [5.41, 5.74) is 0.0870. The second-order valence-corrected chi connectivity index (χ2v) is 5.74. The molecule has 0 aromatic carbocycles. The number of alkyl halides is 1. The molecule has 0 N–H and O–H groups in total. The molecule has 0 fully saturated rings. The summed E-state index contributed by atoms with van der Waals surface area (Å²) in [6.45, 7) is 2.75. The van der Waals surface area contributed by atoms with Gasteiger partial charge in [0.15, 0.2) is 0 Å². The van der Waals surface area contributed by atoms with E-state index in [1.165, 1.54) is 0 Å². The standard InChI is InChI=1S/C11H13BrN2OS/c1-8-6-9-10(16-8)13-7-14(11(9)15)5-3-2-4-12/h6-7H,2-5H2,1H3. The molecule has 0 saturated carbocycles. The lowest BCUT2D eigenvalue weighted by molar-refractivity contribution is 0.612. The summed E-state index contributed by atoms with van der Waals surface area (Å²) in [4.78, 5) is 18.3. The first-order chi connectivity index (χ1) is 7.72. The van der Waals surface area contributed by atoms with Crippen LogP contribution in [0.1, 0.15) is 17.7 Å². The summed E-state index contributed by atoms with van der Waals surface area (Å²) in [5, 5.41) is 1.73. The van der Waals surface area contributed by atoms with Crippen molar-refractivity contribution in [1.29, 1.82) is 0 Å². The van der Waals surface area contributed by atoms with Crippen LogP contribution in [0.2, 0.25) is 0 Å². The van der Waals surface area contributed by atoms with E-state index in [4.69, 9.17) is 0 Å². The molecule has 16 heavy (non-hydrogen) atoms. The lowest BCUT2D eigenvalue weighted by atomic mass is 10.3. The van der Waals surface area contributed by atoms with Crippen LogP contribution in [0, 0.1) is 6.92 Å². The molecule has 0 aliphatic rings. The van der Waals surface area contributed by atoms with Crippen LogP contribution in [0.25, 0.3) is 10.2 Å². The molecule has 2 heterocycles. The molecule has 2 aromatic heterocycles. The summed E-state index contributed by atoms with van der Waals surface area (Å²) in [6, 6.07) is 1.93. The van der Waals surface area contributed by atoms with E-state index in [0.717, 1.165) is 39.8 Å². The first-order valence-electron chi connectivity index (χ1n) is 5.24. The van der Waals surface area contributed by atoms with Crippen molar-refractivity contribution < 1.29 is 0 Å². The van der Waals surface area contributed by atoms with Gasteiger partial charge >= 0.3 is 0 Å². The molecule has 0 spiro atoms. The predicted octanol–water partition coefficient (Wildman–Crippen LogP) is 2.94. The molecule has 0 saturated heterocycles. The number of fused-ring (bicyclic) bond motifs is 1. The minimum Gasteiger partial charge on any atom is -0.299 e. The Kier molecular flexibility index (Phi) is 3.76. The number of thiophene rings is 1. The van der Waals surface area contributed by atoms with Crippen LogP contribution < -0.4 is 5.56 Å². The zero-order valence-electron chi connectivity index (χ0n) is 9.07. The van der Waals surface area contributed by atoms with E-state index in [0.29, 0.717) is 0 Å². The molecule has 0 amide bonds. The minimum absolute atomic E-state index is 0.0870. The van der Waals surface area contributed by atoms with Crippen molar-refractivity contribution in [2.45, 2.75) is 26.3 Å². The Morgan fingerprint density at radius 3 is 3.06 bits per heavy atom. The average molecular weight is 301 g/mol. The number of hydrogen-bond acceptors (Lipinski definition) is 3. The highest BCUT2D eigenvalue weighted by atomic mass is 79.9. The maximum absolute atomic E-state index is 12.1. The topological polar surface area (TPSA) is 34.9 Å². The summed E-state index contributed by atoms with van der Waals surface area (Å²) >= 11 is 4.95. The largest absolute Gasteiger partial charge is 0.299 e. The highest BCUT2D eigenvalue weighted by Crippen LogP contribution is 2.19. The first-order valence-corrected chi connectivity index (χ1v) is 7.17. The van der Waals surface area contributed by atoms with E-state index in [9.17, 15) is 4.79 Å². The first kappa shape index (κ1) is 11.8. The Balaban J connectivity index is 2.33. The number of hydrogen-bond donors (Lipinski definition) is 0. The van der Waals surface area contributed by atoms with E-state index < -0.39 is 0 Å². The van der Waals surface area contributed by atoms with E-state index in [2.05, 4.69) is 20.9 Å². The summed E-state index contributed by atoms with van der Waals surface area (Å²) in [7, 11) is 0. The van der Waals surface area contributed by atoms with Crippen molar-refractivity contribution in [2.24, 2.45) is 0 Å². The molecule has 0 aliphatic heterocycles. The molecule has 0 unspecified atom stereocenters. The van der Waals surface area contributed by atoms with Gasteiger partial charge in [-0.25, -0.2) is 4.98 Å². The fourth-order valence-electron chi connectivity index (χ4n) is 1.62. The normalized spacial score (nSPS) is 11.1. The molecular formula is C11H13BrN2OS. The summed E-state index contributed by atoms with van der Waals surface area (Å²) < 4.78 is 1.71. The number of rotatable bonds is 4. The third-order valence-corrected chi connectivity index (χ3v) is 3.94. The number of halogens is 1. The smallest absolute Gasteiger partial charge is 0.262 e. The third kappa shape index (κ3) is 2.35. The highest BCUT2D eigenvalue weighted by Gasteiger charge is 2.06. The van der Waals surface area contributed by atoms with Crippen LogP contribution in [-0.4, -0.2) is 14.9 Å². The van der Waals surface area contributed by atoms with E-state index >= 15 is 0 Å². The van der Waals surface area contributed by atoms with Crippen molar-refractivity contribution in [3.05, 3.63) is 27.6 Å². The van der Waals surface area contributed by atoms with Gasteiger partial charge in [0.2, 0.25) is 0 Å². The van der Waals surface area contributed by atoms with E-state index in [-0.39, 0.29) is 5.56 Å². The van der Waals surface area contributed by atoms with Gasteiger partial charge < -0.3 is 0 Å². The highest BCUT2D eigenvalue weighted by molar-refractivity contribution is 9.09. The zero-order valence-corrected chi connectivity index (χ0v) is 11.5. The van der Waals surface area contributed by atoms with Gasteiger partial charge in [-0.3, -0.25) is 9.36 Å². The van der Waals surface area contributed by atoms with Crippen molar-refractivity contribution in [3.8, 4) is 0 Å². The van der Waals surface area contributed by atoms with Crippen LogP contribution in [0.3, 0.4) is 0 Å². The van der Waals surface area contributed by atoms with Crippen molar-refractivity contribution >= 4 is 37.5 Å². The summed E-state index contributed by atoms with van der Waals surface area (Å²) in [5.74, 6) is 0. The number of unbranched alkanes of at least 4 members (excludes halogenated alkanes) is 1. The SMILES string of the molecule is Cc1cc2c(=O)n(CCCCBr)cnc2s1. The molecule has 0 atom stereocenters. The molecule has 86 valence electrons. The minimum atomic E-state index is 0.0870. The van der Waals surface area contributed by atoms with Gasteiger partial charge in [0.05, 0.1) is 11.7 Å². The van der Waals surface area contributed by atoms with Gasteiger partial charge in [-0.1, -0.05) is 15.9 Å². The number of aromatic nitrogens is 2. The van der Waals surface area contributed by atoms with Gasteiger partial charge in [-0.05, 0) is 25.8 Å². The predicted molar refractivity (Wildman–Crippen MR) is 71.6 cm³/mol. The molecule has 5 heteroatoms. The summed E-state index contributed by atoms with van der Waals surface area (Å²) in [6.07, 6.45) is 3.74. The Morgan fingerprint density at radius 1 is 1.50 bits per heavy atom. The van der Waals surface area contributed by atoms with Gasteiger partial charge in [0, 0.05) is 16.8 Å². The quantitative estimate of drug-likeness (QED) is 0.643. The average Bonchev–Trinajstić information content (AvgIpc) is 2.64. The molecular weight excluding hydrogens is 288 g/mol. The van der Waals surface area contributed by atoms with Gasteiger partial charge in [-0.2, -0.15) is 0 Å². The van der Waals surface area contributed by atoms with E-state index in [1.54, 1.807) is 22.2 Å². The van der Waals surface area contributed by atoms with Crippen molar-refractivity contribution in [3.63, 3.8) is 0 Å². The maximum atomic E-state index is 12.1. The van der Waals surface area contributed by atoms with Gasteiger partial charge in [0.1, 0.15) is 4.83 Å². The fourth-order valence-corrected chi connectivity index (χ4v) is 2.85. The Hall–Kier alpha value is -0.680. The lowest BCUT2D eigenvalue weighted by Crippen LogP contribution is -2.19. The van der Waals surface area contributed by atoms with Crippen LogP contribution >= 0.6 is 27.3 Å². The number of aryl methyl sites for hydroxylation is 2. The fraction of sp³-hybridized carbons (Fsp3) is 0.455.